The molecule has 0 atom stereocenters. The molecule has 0 aliphatic heterocycles. The van der Waals surface area contributed by atoms with Gasteiger partial charge in [-0.15, -0.1) is 0 Å². The smallest absolute Gasteiger partial charge is 0.313 e. The molecular weight excluding hydrogens is 389 g/mol. The van der Waals surface area contributed by atoms with Crippen molar-refractivity contribution in [1.29, 1.82) is 0 Å². The molecule has 0 radical (unpaired) electrons. The predicted octanol–water partition coefficient (Wildman–Crippen LogP) is 1.90. The molecule has 0 fully saturated rings. The van der Waals surface area contributed by atoms with Crippen molar-refractivity contribution in [3.63, 3.8) is 0 Å². The van der Waals surface area contributed by atoms with Crippen LogP contribution < -0.4 is 15.8 Å². The van der Waals surface area contributed by atoms with Gasteiger partial charge in [0.15, 0.2) is 0 Å². The highest BCUT2D eigenvalue weighted by Gasteiger charge is 2.15. The van der Waals surface area contributed by atoms with Gasteiger partial charge in [-0.05, 0) is 35.9 Å². The average Bonchev–Trinajstić information content (AvgIpc) is 2.54. The lowest BCUT2D eigenvalue weighted by Gasteiger charge is -2.08. The van der Waals surface area contributed by atoms with Crippen LogP contribution >= 0.6 is 23.2 Å². The quantitative estimate of drug-likeness (QED) is 0.677. The number of sulfonamides is 1. The Labute approximate surface area is 154 Å². The van der Waals surface area contributed by atoms with Crippen LogP contribution in [0.4, 0.5) is 5.69 Å². The summed E-state index contributed by atoms with van der Waals surface area (Å²) in [6.45, 7) is 0.0332. The number of anilines is 1. The number of hydrogen-bond acceptors (Lipinski definition) is 4. The highest BCUT2D eigenvalue weighted by molar-refractivity contribution is 7.89. The van der Waals surface area contributed by atoms with Crippen LogP contribution in [0.5, 0.6) is 0 Å². The summed E-state index contributed by atoms with van der Waals surface area (Å²) in [6, 6.07) is 10.0. The second-order valence-corrected chi connectivity index (χ2v) is 7.35. The number of hydrogen-bond donors (Lipinski definition) is 3. The first kappa shape index (κ1) is 19.2. The maximum atomic E-state index is 11.8. The predicted molar refractivity (Wildman–Crippen MR) is 94.8 cm³/mol. The van der Waals surface area contributed by atoms with Crippen LogP contribution in [0.1, 0.15) is 5.56 Å². The first-order chi connectivity index (χ1) is 11.7. The molecule has 0 unspecified atom stereocenters. The van der Waals surface area contributed by atoms with Crippen molar-refractivity contribution in [2.45, 2.75) is 11.4 Å². The lowest BCUT2D eigenvalue weighted by Crippen LogP contribution is -2.35. The van der Waals surface area contributed by atoms with E-state index >= 15 is 0 Å². The summed E-state index contributed by atoms with van der Waals surface area (Å²) in [5, 5.41) is 10.4. The van der Waals surface area contributed by atoms with Crippen molar-refractivity contribution in [2.75, 3.05) is 5.32 Å². The molecular formula is C15H13Cl2N3O4S. The van der Waals surface area contributed by atoms with Crippen LogP contribution in [0.15, 0.2) is 47.4 Å². The Hall–Kier alpha value is -2.13. The van der Waals surface area contributed by atoms with E-state index in [9.17, 15) is 18.0 Å². The fourth-order valence-electron chi connectivity index (χ4n) is 1.83. The van der Waals surface area contributed by atoms with Gasteiger partial charge in [-0.2, -0.15) is 0 Å². The summed E-state index contributed by atoms with van der Waals surface area (Å²) in [7, 11) is -3.78. The van der Waals surface area contributed by atoms with Crippen molar-refractivity contribution < 1.29 is 18.0 Å². The number of amides is 2. The van der Waals surface area contributed by atoms with Crippen LogP contribution in [0, 0.1) is 0 Å². The normalized spacial score (nSPS) is 11.0. The van der Waals surface area contributed by atoms with E-state index in [-0.39, 0.29) is 22.2 Å². The first-order valence-electron chi connectivity index (χ1n) is 6.83. The zero-order valence-electron chi connectivity index (χ0n) is 12.6. The van der Waals surface area contributed by atoms with Crippen LogP contribution in [0.25, 0.3) is 0 Å². The minimum Gasteiger partial charge on any atom is -0.344 e. The highest BCUT2D eigenvalue weighted by atomic mass is 35.5. The maximum Gasteiger partial charge on any atom is 0.313 e. The topological polar surface area (TPSA) is 118 Å². The van der Waals surface area contributed by atoms with Gasteiger partial charge in [-0.3, -0.25) is 9.59 Å². The van der Waals surface area contributed by atoms with Crippen molar-refractivity contribution in [3.05, 3.63) is 58.1 Å². The minimum absolute atomic E-state index is 0.0332. The number of primary sulfonamides is 1. The molecule has 0 aliphatic carbocycles. The molecule has 0 aliphatic rings. The van der Waals surface area contributed by atoms with Gasteiger partial charge in [0.2, 0.25) is 10.0 Å². The Morgan fingerprint density at radius 2 is 1.64 bits per heavy atom. The number of halogens is 2. The van der Waals surface area contributed by atoms with Crippen molar-refractivity contribution in [1.82, 2.24) is 5.32 Å². The fourth-order valence-corrected chi connectivity index (χ4v) is 2.80. The van der Waals surface area contributed by atoms with Crippen molar-refractivity contribution >= 4 is 50.7 Å². The Bertz CT molecular complexity index is 915. The number of carbonyl (C=O) groups is 2. The fraction of sp³-hybridized carbons (Fsp3) is 0.0667. The molecule has 10 heteroatoms. The molecule has 4 N–H and O–H groups in total. The van der Waals surface area contributed by atoms with E-state index < -0.39 is 21.8 Å². The third-order valence-electron chi connectivity index (χ3n) is 3.09. The summed E-state index contributed by atoms with van der Waals surface area (Å²) in [4.78, 5) is 23.6. The summed E-state index contributed by atoms with van der Waals surface area (Å²) in [5.41, 5.74) is 0.849. The third-order valence-corrected chi connectivity index (χ3v) is 4.57. The van der Waals surface area contributed by atoms with Crippen LogP contribution in [-0.4, -0.2) is 20.2 Å². The van der Waals surface area contributed by atoms with Gasteiger partial charge < -0.3 is 10.6 Å². The highest BCUT2D eigenvalue weighted by Crippen LogP contribution is 2.25. The first-order valence-corrected chi connectivity index (χ1v) is 9.13. The molecule has 0 aromatic heterocycles. The molecule has 2 amide bonds. The Morgan fingerprint density at radius 3 is 2.20 bits per heavy atom. The Kier molecular flexibility index (Phi) is 6.02. The summed E-state index contributed by atoms with van der Waals surface area (Å²) >= 11 is 11.7. The summed E-state index contributed by atoms with van der Waals surface area (Å²) in [6.07, 6.45) is 0. The van der Waals surface area contributed by atoms with Crippen molar-refractivity contribution in [3.8, 4) is 0 Å². The van der Waals surface area contributed by atoms with Crippen LogP contribution in [0.3, 0.4) is 0 Å². The number of nitrogens with two attached hydrogens (primary N) is 1. The Morgan fingerprint density at radius 1 is 1.00 bits per heavy atom. The maximum absolute atomic E-state index is 11.8. The monoisotopic (exact) mass is 401 g/mol. The molecule has 0 saturated carbocycles. The van der Waals surface area contributed by atoms with Gasteiger partial charge in [-0.1, -0.05) is 35.3 Å². The zero-order valence-corrected chi connectivity index (χ0v) is 15.0. The summed E-state index contributed by atoms with van der Waals surface area (Å²) in [5.74, 6) is -1.77. The molecule has 132 valence electrons. The molecule has 0 heterocycles. The van der Waals surface area contributed by atoms with Gasteiger partial charge in [-0.25, -0.2) is 13.6 Å². The number of rotatable bonds is 4. The lowest BCUT2D eigenvalue weighted by atomic mass is 10.2. The van der Waals surface area contributed by atoms with Gasteiger partial charge >= 0.3 is 11.8 Å². The number of carbonyl (C=O) groups excluding carboxylic acids is 2. The molecule has 0 bridgehead atoms. The van der Waals surface area contributed by atoms with Gasteiger partial charge in [0.25, 0.3) is 0 Å². The lowest BCUT2D eigenvalue weighted by molar-refractivity contribution is -0.136. The van der Waals surface area contributed by atoms with E-state index in [0.29, 0.717) is 10.6 Å². The van der Waals surface area contributed by atoms with E-state index in [1.807, 2.05) is 0 Å². The standard InChI is InChI=1S/C15H13Cl2N3O4S/c16-10-3-6-13(12(17)7-10)20-15(22)14(21)19-8-9-1-4-11(5-2-9)25(18,23)24/h1-7H,8H2,(H,19,21)(H,20,22)(H2,18,23,24). The number of nitrogens with one attached hydrogen (secondary N) is 2. The largest absolute Gasteiger partial charge is 0.344 e. The van der Waals surface area contributed by atoms with E-state index in [1.54, 1.807) is 0 Å². The number of benzene rings is 2. The van der Waals surface area contributed by atoms with Crippen LogP contribution in [-0.2, 0) is 26.2 Å². The third kappa shape index (κ3) is 5.43. The molecule has 2 aromatic rings. The van der Waals surface area contributed by atoms with E-state index in [2.05, 4.69) is 10.6 Å². The molecule has 7 nitrogen and oxygen atoms in total. The minimum atomic E-state index is -3.78. The second kappa shape index (κ2) is 7.83. The average molecular weight is 402 g/mol. The molecule has 0 saturated heterocycles. The second-order valence-electron chi connectivity index (χ2n) is 4.95. The van der Waals surface area contributed by atoms with E-state index in [0.717, 1.165) is 0 Å². The molecule has 2 rings (SSSR count). The van der Waals surface area contributed by atoms with Gasteiger partial charge in [0.1, 0.15) is 0 Å². The SMILES string of the molecule is NS(=O)(=O)c1ccc(CNC(=O)C(=O)Nc2ccc(Cl)cc2Cl)cc1. The van der Waals surface area contributed by atoms with Gasteiger partial charge in [0.05, 0.1) is 15.6 Å². The van der Waals surface area contributed by atoms with Crippen molar-refractivity contribution in [2.24, 2.45) is 5.14 Å². The molecule has 2 aromatic carbocycles. The molecule has 25 heavy (non-hydrogen) atoms. The zero-order chi connectivity index (χ0) is 18.6. The summed E-state index contributed by atoms with van der Waals surface area (Å²) < 4.78 is 22.3. The van der Waals surface area contributed by atoms with Gasteiger partial charge in [0, 0.05) is 11.6 Å². The van der Waals surface area contributed by atoms with E-state index in [1.165, 1.54) is 42.5 Å². The van der Waals surface area contributed by atoms with E-state index in [4.69, 9.17) is 28.3 Å². The molecule has 0 spiro atoms. The Balaban J connectivity index is 1.94. The van der Waals surface area contributed by atoms with Crippen LogP contribution in [0.2, 0.25) is 10.0 Å².